The number of hydrogen-bond acceptors (Lipinski definition) is 5. The topological polar surface area (TPSA) is 64.6 Å². The summed E-state index contributed by atoms with van der Waals surface area (Å²) in [4.78, 5) is 25.6. The molecule has 0 radical (unpaired) electrons. The van der Waals surface area contributed by atoms with Crippen LogP contribution in [0.1, 0.15) is 29.6 Å². The molecule has 2 aromatic rings. The molecule has 0 saturated carbocycles. The van der Waals surface area contributed by atoms with Gasteiger partial charge in [-0.2, -0.15) is 0 Å². The Morgan fingerprint density at radius 1 is 1.07 bits per heavy atom. The number of ketones is 1. The van der Waals surface area contributed by atoms with Gasteiger partial charge in [0, 0.05) is 41.9 Å². The lowest BCUT2D eigenvalue weighted by atomic mass is 10.1. The van der Waals surface area contributed by atoms with Gasteiger partial charge in [-0.05, 0) is 18.4 Å². The minimum atomic E-state index is -0.277. The van der Waals surface area contributed by atoms with Crippen molar-refractivity contribution in [2.75, 3.05) is 24.8 Å². The maximum atomic E-state index is 12.2. The minimum Gasteiger partial charge on any atom is -0.490 e. The highest BCUT2D eigenvalue weighted by Crippen LogP contribution is 2.37. The molecular formula is C20H20ClNO4S. The number of carbonyl (C=O) groups is 2. The molecule has 0 fully saturated rings. The fraction of sp³-hybridized carbons (Fsp3) is 0.300. The molecule has 0 unspecified atom stereocenters. The van der Waals surface area contributed by atoms with Gasteiger partial charge in [-0.1, -0.05) is 23.7 Å². The van der Waals surface area contributed by atoms with E-state index >= 15 is 0 Å². The number of rotatable bonds is 6. The Hall–Kier alpha value is -2.18. The number of Topliss-reactive ketones (excluding diaryl/α,β-unsaturated/α-hetero) is 1. The molecule has 0 bridgehead atoms. The predicted molar refractivity (Wildman–Crippen MR) is 107 cm³/mol. The smallest absolute Gasteiger partial charge is 0.224 e. The lowest BCUT2D eigenvalue weighted by molar-refractivity contribution is -0.116. The summed E-state index contributed by atoms with van der Waals surface area (Å²) in [6.07, 6.45) is 2.97. The highest BCUT2D eigenvalue weighted by Gasteiger charge is 2.16. The maximum Gasteiger partial charge on any atom is 0.224 e. The summed E-state index contributed by atoms with van der Waals surface area (Å²) >= 11 is 7.84. The zero-order valence-electron chi connectivity index (χ0n) is 14.9. The number of thioether (sulfide) groups is 1. The van der Waals surface area contributed by atoms with E-state index < -0.39 is 0 Å². The molecular weight excluding hydrogens is 386 g/mol. The van der Waals surface area contributed by atoms with Gasteiger partial charge in [0.05, 0.1) is 23.9 Å². The van der Waals surface area contributed by atoms with Crippen LogP contribution in [0.15, 0.2) is 41.3 Å². The van der Waals surface area contributed by atoms with E-state index in [9.17, 15) is 9.59 Å². The number of hydrogen-bond donors (Lipinski definition) is 1. The van der Waals surface area contributed by atoms with E-state index in [1.165, 1.54) is 0 Å². The van der Waals surface area contributed by atoms with Crippen molar-refractivity contribution < 1.29 is 19.1 Å². The summed E-state index contributed by atoms with van der Waals surface area (Å²) < 4.78 is 11.2. The quantitative estimate of drug-likeness (QED) is 0.551. The molecule has 7 heteroatoms. The highest BCUT2D eigenvalue weighted by molar-refractivity contribution is 7.98. The van der Waals surface area contributed by atoms with E-state index in [0.717, 1.165) is 11.3 Å². The van der Waals surface area contributed by atoms with Gasteiger partial charge in [0.15, 0.2) is 17.3 Å². The summed E-state index contributed by atoms with van der Waals surface area (Å²) in [5.74, 6) is 0.777. The molecule has 0 saturated heterocycles. The van der Waals surface area contributed by atoms with Gasteiger partial charge in [0.1, 0.15) is 0 Å². The lowest BCUT2D eigenvalue weighted by Gasteiger charge is -2.12. The molecule has 142 valence electrons. The van der Waals surface area contributed by atoms with Crippen molar-refractivity contribution in [1.82, 2.24) is 0 Å². The maximum absolute atomic E-state index is 12.2. The fourth-order valence-corrected chi connectivity index (χ4v) is 3.25. The minimum absolute atomic E-state index is 0.0671. The average Bonchev–Trinajstić information content (AvgIpc) is 2.91. The Kier molecular flexibility index (Phi) is 6.63. The monoisotopic (exact) mass is 405 g/mol. The van der Waals surface area contributed by atoms with Crippen LogP contribution in [0.5, 0.6) is 11.5 Å². The number of nitrogens with one attached hydrogen (secondary N) is 1. The molecule has 0 aromatic heterocycles. The number of halogens is 1. The SMILES string of the molecule is CSc1ccc(C(=O)CCC(=O)Nc2cc3c(cc2Cl)OCCCO3)cc1. The first-order chi connectivity index (χ1) is 13.1. The third kappa shape index (κ3) is 5.17. The van der Waals surface area contributed by atoms with E-state index in [1.54, 1.807) is 36.0 Å². The van der Waals surface area contributed by atoms with Crippen LogP contribution >= 0.6 is 23.4 Å². The molecule has 27 heavy (non-hydrogen) atoms. The zero-order valence-corrected chi connectivity index (χ0v) is 16.5. The molecule has 1 aliphatic rings. The number of amides is 1. The number of anilines is 1. The zero-order chi connectivity index (χ0) is 19.2. The second kappa shape index (κ2) is 9.15. The van der Waals surface area contributed by atoms with E-state index in [1.807, 2.05) is 18.4 Å². The molecule has 1 aliphatic heterocycles. The van der Waals surface area contributed by atoms with Crippen molar-refractivity contribution in [2.45, 2.75) is 24.2 Å². The van der Waals surface area contributed by atoms with Gasteiger partial charge in [0.25, 0.3) is 0 Å². The third-order valence-corrected chi connectivity index (χ3v) is 5.16. The van der Waals surface area contributed by atoms with Gasteiger partial charge in [-0.25, -0.2) is 0 Å². The van der Waals surface area contributed by atoms with Gasteiger partial charge >= 0.3 is 0 Å². The first-order valence-electron chi connectivity index (χ1n) is 8.63. The van der Waals surface area contributed by atoms with E-state index in [-0.39, 0.29) is 24.5 Å². The number of ether oxygens (including phenoxy) is 2. The van der Waals surface area contributed by atoms with Crippen LogP contribution in [0.4, 0.5) is 5.69 Å². The molecule has 5 nitrogen and oxygen atoms in total. The Labute approximate surface area is 167 Å². The van der Waals surface area contributed by atoms with Crippen molar-refractivity contribution in [3.05, 3.63) is 47.0 Å². The Morgan fingerprint density at radius 2 is 1.74 bits per heavy atom. The van der Waals surface area contributed by atoms with Crippen LogP contribution < -0.4 is 14.8 Å². The standard InChI is InChI=1S/C20H20ClNO4S/c1-27-14-5-3-13(4-6-14)17(23)7-8-20(24)22-16-12-19-18(11-15(16)21)25-9-2-10-26-19/h3-6,11-12H,2,7-10H2,1H3,(H,22,24). The number of carbonyl (C=O) groups excluding carboxylic acids is 2. The Bertz CT molecular complexity index is 839. The Morgan fingerprint density at radius 3 is 2.41 bits per heavy atom. The second-order valence-electron chi connectivity index (χ2n) is 6.03. The first kappa shape index (κ1) is 19.6. The van der Waals surface area contributed by atoms with E-state index in [4.69, 9.17) is 21.1 Å². The summed E-state index contributed by atoms with van der Waals surface area (Å²) in [7, 11) is 0. The molecule has 2 aromatic carbocycles. The van der Waals surface area contributed by atoms with Gasteiger partial charge in [-0.3, -0.25) is 9.59 Å². The summed E-state index contributed by atoms with van der Waals surface area (Å²) in [5, 5.41) is 3.11. The number of fused-ring (bicyclic) bond motifs is 1. The van der Waals surface area contributed by atoms with Crippen molar-refractivity contribution in [3.8, 4) is 11.5 Å². The van der Waals surface area contributed by atoms with Crippen LogP contribution in [-0.4, -0.2) is 31.2 Å². The van der Waals surface area contributed by atoms with Crippen molar-refractivity contribution in [1.29, 1.82) is 0 Å². The van der Waals surface area contributed by atoms with E-state index in [0.29, 0.717) is 41.0 Å². The number of benzene rings is 2. The Balaban J connectivity index is 1.59. The fourth-order valence-electron chi connectivity index (χ4n) is 2.64. The molecule has 0 spiro atoms. The largest absolute Gasteiger partial charge is 0.490 e. The summed E-state index contributed by atoms with van der Waals surface area (Å²) in [6.45, 7) is 1.11. The molecule has 1 heterocycles. The predicted octanol–water partition coefficient (Wildman–Crippen LogP) is 4.82. The van der Waals surface area contributed by atoms with Crippen molar-refractivity contribution >= 4 is 40.7 Å². The van der Waals surface area contributed by atoms with Gasteiger partial charge in [-0.15, -0.1) is 11.8 Å². The summed E-state index contributed by atoms with van der Waals surface area (Å²) in [5.41, 5.74) is 1.05. The van der Waals surface area contributed by atoms with Gasteiger partial charge in [0.2, 0.25) is 5.91 Å². The van der Waals surface area contributed by atoms with Crippen LogP contribution in [0.3, 0.4) is 0 Å². The van der Waals surface area contributed by atoms with Crippen molar-refractivity contribution in [3.63, 3.8) is 0 Å². The van der Waals surface area contributed by atoms with Crippen molar-refractivity contribution in [2.24, 2.45) is 0 Å². The van der Waals surface area contributed by atoms with Crippen LogP contribution in [-0.2, 0) is 4.79 Å². The molecule has 0 atom stereocenters. The molecule has 0 aliphatic carbocycles. The molecule has 1 N–H and O–H groups in total. The lowest BCUT2D eigenvalue weighted by Crippen LogP contribution is -2.14. The van der Waals surface area contributed by atoms with Crippen LogP contribution in [0, 0.1) is 0 Å². The second-order valence-corrected chi connectivity index (χ2v) is 7.32. The average molecular weight is 406 g/mol. The first-order valence-corrected chi connectivity index (χ1v) is 10.2. The normalized spacial score (nSPS) is 13.0. The summed E-state index contributed by atoms with van der Waals surface area (Å²) in [6, 6.07) is 10.7. The van der Waals surface area contributed by atoms with E-state index in [2.05, 4.69) is 5.32 Å². The van der Waals surface area contributed by atoms with Crippen LogP contribution in [0.25, 0.3) is 0 Å². The molecule has 3 rings (SSSR count). The third-order valence-electron chi connectivity index (χ3n) is 4.10. The van der Waals surface area contributed by atoms with Crippen LogP contribution in [0.2, 0.25) is 5.02 Å². The van der Waals surface area contributed by atoms with Gasteiger partial charge < -0.3 is 14.8 Å². The highest BCUT2D eigenvalue weighted by atomic mass is 35.5. The molecule has 1 amide bonds.